The molecule has 0 aromatic carbocycles. The highest BCUT2D eigenvalue weighted by Gasteiger charge is 2.27. The third-order valence-electron chi connectivity index (χ3n) is 1.69. The van der Waals surface area contributed by atoms with E-state index in [1.807, 2.05) is 0 Å². The van der Waals surface area contributed by atoms with Gasteiger partial charge in [0.2, 0.25) is 5.78 Å². The molecule has 6 heteroatoms. The van der Waals surface area contributed by atoms with Crippen molar-refractivity contribution in [2.75, 3.05) is 6.61 Å². The van der Waals surface area contributed by atoms with Crippen LogP contribution in [0, 0.1) is 0 Å². The van der Waals surface area contributed by atoms with Gasteiger partial charge in [-0.3, -0.25) is 9.48 Å². The highest BCUT2D eigenvalue weighted by atomic mass is 35.5. The van der Waals surface area contributed by atoms with Crippen LogP contribution in [0.25, 0.3) is 0 Å². The van der Waals surface area contributed by atoms with Crippen LogP contribution in [0.3, 0.4) is 0 Å². The molecule has 15 heavy (non-hydrogen) atoms. The highest BCUT2D eigenvalue weighted by molar-refractivity contribution is 6.43. The predicted octanol–water partition coefficient (Wildman–Crippen LogP) is 0.773. The molecule has 1 unspecified atom stereocenters. The molecule has 0 aliphatic carbocycles. The van der Waals surface area contributed by atoms with Crippen molar-refractivity contribution in [2.24, 2.45) is 7.05 Å². The lowest BCUT2D eigenvalue weighted by atomic mass is 10.2. The molecule has 0 saturated carbocycles. The molecule has 5 nitrogen and oxygen atoms in total. The lowest BCUT2D eigenvalue weighted by Crippen LogP contribution is -2.27. The molecule has 82 valence electrons. The van der Waals surface area contributed by atoms with Crippen molar-refractivity contribution in [2.45, 2.75) is 12.3 Å². The number of hydrogen-bond acceptors (Lipinski definition) is 4. The fourth-order valence-electron chi connectivity index (χ4n) is 0.999. The van der Waals surface area contributed by atoms with E-state index in [4.69, 9.17) is 11.6 Å². The Bertz CT molecular complexity index is 375. The number of hydrogen-bond donors (Lipinski definition) is 0. The number of halogens is 1. The van der Waals surface area contributed by atoms with Gasteiger partial charge in [0.15, 0.2) is 5.38 Å². The Balaban J connectivity index is 2.72. The number of carbonyl (C=O) groups is 2. The number of nitrogens with zero attached hydrogens (tertiary/aromatic N) is 2. The zero-order chi connectivity index (χ0) is 11.4. The lowest BCUT2D eigenvalue weighted by molar-refractivity contribution is -0.141. The lowest BCUT2D eigenvalue weighted by Gasteiger charge is -2.05. The number of esters is 1. The van der Waals surface area contributed by atoms with E-state index in [0.29, 0.717) is 0 Å². The topological polar surface area (TPSA) is 61.2 Å². The normalized spacial score (nSPS) is 12.2. The van der Waals surface area contributed by atoms with E-state index in [9.17, 15) is 9.59 Å². The van der Waals surface area contributed by atoms with Gasteiger partial charge in [0, 0.05) is 13.2 Å². The first-order valence-corrected chi connectivity index (χ1v) is 4.84. The van der Waals surface area contributed by atoms with E-state index < -0.39 is 17.1 Å². The first-order valence-electron chi connectivity index (χ1n) is 4.40. The Morgan fingerprint density at radius 2 is 2.33 bits per heavy atom. The van der Waals surface area contributed by atoms with Crippen molar-refractivity contribution in [1.29, 1.82) is 0 Å². The Kier molecular flexibility index (Phi) is 3.85. The van der Waals surface area contributed by atoms with Crippen LogP contribution in [0.15, 0.2) is 12.3 Å². The van der Waals surface area contributed by atoms with Crippen LogP contribution in [-0.4, -0.2) is 33.5 Å². The summed E-state index contributed by atoms with van der Waals surface area (Å²) in [6.07, 6.45) is 1.60. The number of ketones is 1. The summed E-state index contributed by atoms with van der Waals surface area (Å²) >= 11 is 5.63. The molecular formula is C9H11ClN2O3. The number of alkyl halides is 1. The van der Waals surface area contributed by atoms with E-state index in [-0.39, 0.29) is 12.3 Å². The molecule has 0 aliphatic rings. The molecule has 0 aliphatic heterocycles. The fraction of sp³-hybridized carbons (Fsp3) is 0.444. The first-order chi connectivity index (χ1) is 7.06. The van der Waals surface area contributed by atoms with Crippen molar-refractivity contribution in [1.82, 2.24) is 9.78 Å². The highest BCUT2D eigenvalue weighted by Crippen LogP contribution is 2.08. The first kappa shape index (κ1) is 11.7. The Morgan fingerprint density at radius 1 is 1.67 bits per heavy atom. The maximum atomic E-state index is 11.6. The van der Waals surface area contributed by atoms with Crippen LogP contribution in [-0.2, 0) is 16.6 Å². The molecular weight excluding hydrogens is 220 g/mol. The summed E-state index contributed by atoms with van der Waals surface area (Å²) < 4.78 is 6.09. The minimum Gasteiger partial charge on any atom is -0.465 e. The SMILES string of the molecule is CCOC(=O)C(Cl)C(=O)c1ccn(C)n1. The standard InChI is InChI=1S/C9H11ClN2O3/c1-3-15-9(14)7(10)8(13)6-4-5-12(2)11-6/h4-5,7H,3H2,1-2H3. The number of aromatic nitrogens is 2. The number of aryl methyl sites for hydroxylation is 1. The minimum atomic E-state index is -1.32. The van der Waals surface area contributed by atoms with E-state index >= 15 is 0 Å². The van der Waals surface area contributed by atoms with Crippen molar-refractivity contribution in [3.63, 3.8) is 0 Å². The van der Waals surface area contributed by atoms with Crippen LogP contribution in [0.4, 0.5) is 0 Å². The van der Waals surface area contributed by atoms with E-state index in [1.165, 1.54) is 10.7 Å². The second-order valence-corrected chi connectivity index (χ2v) is 3.29. The zero-order valence-corrected chi connectivity index (χ0v) is 9.19. The van der Waals surface area contributed by atoms with Gasteiger partial charge in [-0.2, -0.15) is 5.10 Å². The molecule has 0 radical (unpaired) electrons. The van der Waals surface area contributed by atoms with Gasteiger partial charge in [-0.05, 0) is 13.0 Å². The molecule has 1 aromatic heterocycles. The monoisotopic (exact) mass is 230 g/mol. The van der Waals surface area contributed by atoms with Crippen LogP contribution in [0.1, 0.15) is 17.4 Å². The Labute approximate surface area is 92.0 Å². The van der Waals surface area contributed by atoms with E-state index in [1.54, 1.807) is 20.2 Å². The number of carbonyl (C=O) groups excluding carboxylic acids is 2. The third kappa shape index (κ3) is 2.79. The second kappa shape index (κ2) is 4.93. The minimum absolute atomic E-state index is 0.158. The van der Waals surface area contributed by atoms with Crippen LogP contribution in [0.2, 0.25) is 0 Å². The van der Waals surface area contributed by atoms with Crippen molar-refractivity contribution in [3.05, 3.63) is 18.0 Å². The summed E-state index contributed by atoms with van der Waals surface area (Å²) in [5.74, 6) is -1.29. The smallest absolute Gasteiger partial charge is 0.332 e. The quantitative estimate of drug-likeness (QED) is 0.332. The Hall–Kier alpha value is -1.36. The molecule has 0 spiro atoms. The fourth-order valence-corrected chi connectivity index (χ4v) is 1.17. The average molecular weight is 231 g/mol. The van der Waals surface area contributed by atoms with E-state index in [2.05, 4.69) is 9.84 Å². The largest absolute Gasteiger partial charge is 0.465 e. The molecule has 1 aromatic rings. The van der Waals surface area contributed by atoms with Gasteiger partial charge < -0.3 is 4.74 Å². The van der Waals surface area contributed by atoms with Gasteiger partial charge in [-0.1, -0.05) is 0 Å². The summed E-state index contributed by atoms with van der Waals surface area (Å²) in [5.41, 5.74) is 0.158. The van der Waals surface area contributed by atoms with Crippen molar-refractivity contribution >= 4 is 23.4 Å². The van der Waals surface area contributed by atoms with Gasteiger partial charge in [0.1, 0.15) is 5.69 Å². The number of Topliss-reactive ketones (excluding diaryl/α,β-unsaturated/α-hetero) is 1. The average Bonchev–Trinajstić information content (AvgIpc) is 2.63. The summed E-state index contributed by atoms with van der Waals surface area (Å²) in [6, 6.07) is 1.50. The molecule has 0 N–H and O–H groups in total. The van der Waals surface area contributed by atoms with Gasteiger partial charge >= 0.3 is 5.97 Å². The summed E-state index contributed by atoms with van der Waals surface area (Å²) in [5, 5.41) is 2.53. The van der Waals surface area contributed by atoms with Gasteiger partial charge in [-0.25, -0.2) is 4.79 Å². The van der Waals surface area contributed by atoms with Crippen molar-refractivity contribution < 1.29 is 14.3 Å². The summed E-state index contributed by atoms with van der Waals surface area (Å²) in [7, 11) is 1.67. The molecule has 1 rings (SSSR count). The molecule has 0 saturated heterocycles. The molecule has 1 atom stereocenters. The maximum absolute atomic E-state index is 11.6. The van der Waals surface area contributed by atoms with Crippen molar-refractivity contribution in [3.8, 4) is 0 Å². The third-order valence-corrected chi connectivity index (χ3v) is 2.07. The second-order valence-electron chi connectivity index (χ2n) is 2.85. The molecule has 0 fully saturated rings. The Morgan fingerprint density at radius 3 is 2.80 bits per heavy atom. The molecule has 1 heterocycles. The zero-order valence-electron chi connectivity index (χ0n) is 8.44. The molecule has 0 amide bonds. The van der Waals surface area contributed by atoms with Gasteiger partial charge in [0.25, 0.3) is 0 Å². The number of ether oxygens (including phenoxy) is 1. The molecule has 0 bridgehead atoms. The van der Waals surface area contributed by atoms with Crippen LogP contribution in [0.5, 0.6) is 0 Å². The van der Waals surface area contributed by atoms with Gasteiger partial charge in [-0.15, -0.1) is 11.6 Å². The summed E-state index contributed by atoms with van der Waals surface area (Å²) in [4.78, 5) is 22.7. The van der Waals surface area contributed by atoms with Gasteiger partial charge in [0.05, 0.1) is 6.61 Å². The van der Waals surface area contributed by atoms with Crippen LogP contribution < -0.4 is 0 Å². The number of rotatable bonds is 4. The maximum Gasteiger partial charge on any atom is 0.332 e. The van der Waals surface area contributed by atoms with E-state index in [0.717, 1.165) is 0 Å². The van der Waals surface area contributed by atoms with Crippen LogP contribution >= 0.6 is 11.6 Å². The summed E-state index contributed by atoms with van der Waals surface area (Å²) in [6.45, 7) is 1.84. The predicted molar refractivity (Wildman–Crippen MR) is 53.8 cm³/mol.